The topological polar surface area (TPSA) is 38.3 Å². The minimum Gasteiger partial charge on any atom is -0.484 e. The Kier molecular flexibility index (Phi) is 6.04. The van der Waals surface area contributed by atoms with Crippen molar-refractivity contribution in [2.75, 3.05) is 13.2 Å². The zero-order valence-corrected chi connectivity index (χ0v) is 13.1. The number of nitrogens with one attached hydrogen (secondary N) is 1. The van der Waals surface area contributed by atoms with E-state index in [1.54, 1.807) is 30.3 Å². The van der Waals surface area contributed by atoms with Gasteiger partial charge in [0.25, 0.3) is 5.91 Å². The van der Waals surface area contributed by atoms with Crippen molar-refractivity contribution in [2.24, 2.45) is 0 Å². The molecule has 0 bridgehead atoms. The number of ether oxygens (including phenoxy) is 1. The van der Waals surface area contributed by atoms with E-state index in [2.05, 4.69) is 5.32 Å². The number of hydrogen-bond acceptors (Lipinski definition) is 2. The predicted molar refractivity (Wildman–Crippen MR) is 85.1 cm³/mol. The summed E-state index contributed by atoms with van der Waals surface area (Å²) in [5.74, 6) is -0.107. The molecule has 0 aromatic heterocycles. The van der Waals surface area contributed by atoms with E-state index in [4.69, 9.17) is 27.9 Å². The van der Waals surface area contributed by atoms with Gasteiger partial charge in [0.2, 0.25) is 0 Å². The quantitative estimate of drug-likeness (QED) is 0.866. The SMILES string of the molecule is O=C(COc1ccc(Cl)c(Cl)c1)NCCc1ccccc1F. The van der Waals surface area contributed by atoms with Gasteiger partial charge in [-0.15, -0.1) is 0 Å². The average Bonchev–Trinajstić information content (AvgIpc) is 2.50. The number of amides is 1. The van der Waals surface area contributed by atoms with Crippen LogP contribution in [0.15, 0.2) is 42.5 Å². The zero-order chi connectivity index (χ0) is 15.9. The van der Waals surface area contributed by atoms with Crippen LogP contribution < -0.4 is 10.1 Å². The van der Waals surface area contributed by atoms with E-state index in [0.717, 1.165) is 0 Å². The van der Waals surface area contributed by atoms with Crippen molar-refractivity contribution < 1.29 is 13.9 Å². The first-order valence-corrected chi connectivity index (χ1v) is 7.40. The Morgan fingerprint density at radius 1 is 1.14 bits per heavy atom. The van der Waals surface area contributed by atoms with Gasteiger partial charge in [-0.05, 0) is 30.2 Å². The van der Waals surface area contributed by atoms with Crippen molar-refractivity contribution in [1.29, 1.82) is 0 Å². The first-order chi connectivity index (χ1) is 10.6. The number of carbonyl (C=O) groups excluding carboxylic acids is 1. The molecule has 0 aliphatic rings. The second-order valence-electron chi connectivity index (χ2n) is 4.56. The molecule has 22 heavy (non-hydrogen) atoms. The lowest BCUT2D eigenvalue weighted by Crippen LogP contribution is -2.30. The van der Waals surface area contributed by atoms with Crippen molar-refractivity contribution >= 4 is 29.1 Å². The lowest BCUT2D eigenvalue weighted by molar-refractivity contribution is -0.123. The molecular weight excluding hydrogens is 328 g/mol. The van der Waals surface area contributed by atoms with E-state index >= 15 is 0 Å². The number of hydrogen-bond donors (Lipinski definition) is 1. The highest BCUT2D eigenvalue weighted by Crippen LogP contribution is 2.26. The molecule has 2 aromatic rings. The number of carbonyl (C=O) groups is 1. The first-order valence-electron chi connectivity index (χ1n) is 6.64. The third kappa shape index (κ3) is 4.90. The van der Waals surface area contributed by atoms with Gasteiger partial charge in [0.1, 0.15) is 11.6 Å². The van der Waals surface area contributed by atoms with Crippen molar-refractivity contribution in [3.8, 4) is 5.75 Å². The highest BCUT2D eigenvalue weighted by Gasteiger charge is 2.06. The van der Waals surface area contributed by atoms with Crippen LogP contribution in [0.2, 0.25) is 10.0 Å². The van der Waals surface area contributed by atoms with E-state index in [1.807, 2.05) is 0 Å². The third-order valence-corrected chi connectivity index (χ3v) is 3.67. The van der Waals surface area contributed by atoms with Crippen LogP contribution in [0.4, 0.5) is 4.39 Å². The Bertz CT molecular complexity index is 664. The minimum atomic E-state index is -0.289. The molecule has 0 aliphatic heterocycles. The smallest absolute Gasteiger partial charge is 0.257 e. The van der Waals surface area contributed by atoms with Crippen LogP contribution >= 0.6 is 23.2 Å². The van der Waals surface area contributed by atoms with Gasteiger partial charge in [-0.2, -0.15) is 0 Å². The van der Waals surface area contributed by atoms with Crippen molar-refractivity contribution in [3.63, 3.8) is 0 Å². The molecule has 0 aliphatic carbocycles. The van der Waals surface area contributed by atoms with Gasteiger partial charge in [-0.1, -0.05) is 41.4 Å². The average molecular weight is 342 g/mol. The summed E-state index contributed by atoms with van der Waals surface area (Å²) in [4.78, 5) is 11.7. The second-order valence-corrected chi connectivity index (χ2v) is 5.37. The summed E-state index contributed by atoms with van der Waals surface area (Å²) < 4.78 is 18.7. The summed E-state index contributed by atoms with van der Waals surface area (Å²) in [5.41, 5.74) is 0.563. The molecule has 0 heterocycles. The number of benzene rings is 2. The summed E-state index contributed by atoms with van der Waals surface area (Å²) in [6.07, 6.45) is 0.422. The van der Waals surface area contributed by atoms with Crippen LogP contribution in [0.25, 0.3) is 0 Å². The Morgan fingerprint density at radius 2 is 1.91 bits per heavy atom. The van der Waals surface area contributed by atoms with Gasteiger partial charge in [0.15, 0.2) is 6.61 Å². The fraction of sp³-hybridized carbons (Fsp3) is 0.188. The molecule has 2 aromatic carbocycles. The first kappa shape index (κ1) is 16.6. The zero-order valence-electron chi connectivity index (χ0n) is 11.6. The molecule has 0 unspecified atom stereocenters. The van der Waals surface area contributed by atoms with E-state index < -0.39 is 0 Å². The highest BCUT2D eigenvalue weighted by molar-refractivity contribution is 6.42. The van der Waals surface area contributed by atoms with Crippen LogP contribution in [-0.4, -0.2) is 19.1 Å². The van der Waals surface area contributed by atoms with E-state index in [1.165, 1.54) is 12.1 Å². The summed E-state index contributed by atoms with van der Waals surface area (Å²) in [7, 11) is 0. The van der Waals surface area contributed by atoms with Gasteiger partial charge < -0.3 is 10.1 Å². The van der Waals surface area contributed by atoms with E-state index in [-0.39, 0.29) is 18.3 Å². The van der Waals surface area contributed by atoms with Crippen molar-refractivity contribution in [3.05, 3.63) is 63.9 Å². The monoisotopic (exact) mass is 341 g/mol. The molecule has 2 rings (SSSR count). The Balaban J connectivity index is 1.74. The van der Waals surface area contributed by atoms with Crippen LogP contribution in [0.3, 0.4) is 0 Å². The molecule has 0 fully saturated rings. The van der Waals surface area contributed by atoms with Gasteiger partial charge in [0, 0.05) is 12.6 Å². The van der Waals surface area contributed by atoms with Gasteiger partial charge >= 0.3 is 0 Å². The van der Waals surface area contributed by atoms with Gasteiger partial charge in [-0.3, -0.25) is 4.79 Å². The number of halogens is 3. The molecule has 0 spiro atoms. The molecule has 0 saturated heterocycles. The van der Waals surface area contributed by atoms with Crippen molar-refractivity contribution in [1.82, 2.24) is 5.32 Å². The lowest BCUT2D eigenvalue weighted by Gasteiger charge is -2.08. The van der Waals surface area contributed by atoms with Crippen LogP contribution in [0.5, 0.6) is 5.75 Å². The Hall–Kier alpha value is -1.78. The molecule has 116 valence electrons. The lowest BCUT2D eigenvalue weighted by atomic mass is 10.1. The Morgan fingerprint density at radius 3 is 2.64 bits per heavy atom. The third-order valence-electron chi connectivity index (χ3n) is 2.94. The predicted octanol–water partition coefficient (Wildman–Crippen LogP) is 3.87. The van der Waals surface area contributed by atoms with Crippen molar-refractivity contribution in [2.45, 2.75) is 6.42 Å². The molecule has 3 nitrogen and oxygen atoms in total. The van der Waals surface area contributed by atoms with Crippen LogP contribution in [-0.2, 0) is 11.2 Å². The van der Waals surface area contributed by atoms with Gasteiger partial charge in [0.05, 0.1) is 10.0 Å². The maximum absolute atomic E-state index is 13.4. The minimum absolute atomic E-state index is 0.144. The fourth-order valence-corrected chi connectivity index (χ4v) is 2.09. The molecule has 0 atom stereocenters. The molecule has 0 radical (unpaired) electrons. The highest BCUT2D eigenvalue weighted by atomic mass is 35.5. The summed E-state index contributed by atoms with van der Waals surface area (Å²) in [6, 6.07) is 11.2. The largest absolute Gasteiger partial charge is 0.484 e. The number of rotatable bonds is 6. The normalized spacial score (nSPS) is 10.3. The molecule has 6 heteroatoms. The van der Waals surface area contributed by atoms with E-state index in [9.17, 15) is 9.18 Å². The molecule has 1 amide bonds. The second kappa shape index (κ2) is 8.01. The molecular formula is C16H14Cl2FNO2. The summed E-state index contributed by atoms with van der Waals surface area (Å²) >= 11 is 11.6. The summed E-state index contributed by atoms with van der Waals surface area (Å²) in [5, 5.41) is 3.45. The maximum atomic E-state index is 13.4. The maximum Gasteiger partial charge on any atom is 0.257 e. The Labute approximate surface area is 138 Å². The standard InChI is InChI=1S/C16H14Cl2FNO2/c17-13-6-5-12(9-14(13)18)22-10-16(21)20-8-7-11-3-1-2-4-15(11)19/h1-6,9H,7-8,10H2,(H,20,21). The molecule has 1 N–H and O–H groups in total. The van der Waals surface area contributed by atoms with E-state index in [0.29, 0.717) is 34.3 Å². The summed E-state index contributed by atoms with van der Waals surface area (Å²) in [6.45, 7) is 0.194. The fourth-order valence-electron chi connectivity index (χ4n) is 1.80. The van der Waals surface area contributed by atoms with Gasteiger partial charge in [-0.25, -0.2) is 4.39 Å². The molecule has 0 saturated carbocycles. The van der Waals surface area contributed by atoms with Crippen LogP contribution in [0, 0.1) is 5.82 Å². The van der Waals surface area contributed by atoms with Crippen LogP contribution in [0.1, 0.15) is 5.56 Å².